The van der Waals surface area contributed by atoms with Crippen molar-refractivity contribution in [3.05, 3.63) is 60.3 Å². The molecule has 33 heavy (non-hydrogen) atoms. The molecule has 168 valence electrons. The predicted molar refractivity (Wildman–Crippen MR) is 110 cm³/mol. The Labute approximate surface area is 183 Å². The number of amides is 2. The molecule has 0 spiro atoms. The van der Waals surface area contributed by atoms with Crippen LogP contribution in [0.25, 0.3) is 10.9 Å². The molecule has 10 nitrogen and oxygen atoms in total. The van der Waals surface area contributed by atoms with Gasteiger partial charge in [0, 0.05) is 30.8 Å². The number of aliphatic imine (C=N–C) groups is 1. The number of nitrogens with zero attached hydrogens (tertiary/aromatic N) is 6. The van der Waals surface area contributed by atoms with Crippen LogP contribution in [0.5, 0.6) is 11.6 Å². The van der Waals surface area contributed by atoms with Gasteiger partial charge in [-0.1, -0.05) is 0 Å². The van der Waals surface area contributed by atoms with E-state index in [-0.39, 0.29) is 11.7 Å². The van der Waals surface area contributed by atoms with Crippen LogP contribution in [0, 0.1) is 0 Å². The average molecular weight is 457 g/mol. The molecule has 0 saturated heterocycles. The second kappa shape index (κ2) is 8.53. The van der Waals surface area contributed by atoms with Gasteiger partial charge in [-0.25, -0.2) is 19.8 Å². The summed E-state index contributed by atoms with van der Waals surface area (Å²) in [5.74, 6) is 0.399. The highest BCUT2D eigenvalue weighted by molar-refractivity contribution is 5.98. The van der Waals surface area contributed by atoms with Crippen LogP contribution in [-0.4, -0.2) is 43.0 Å². The zero-order chi connectivity index (χ0) is 23.6. The molecule has 0 aliphatic heterocycles. The van der Waals surface area contributed by atoms with Crippen LogP contribution < -0.4 is 10.1 Å². The first-order valence-electron chi connectivity index (χ1n) is 9.25. The van der Waals surface area contributed by atoms with Crippen molar-refractivity contribution in [2.24, 2.45) is 12.0 Å². The van der Waals surface area contributed by atoms with Gasteiger partial charge in [-0.15, -0.1) is 0 Å². The predicted octanol–water partition coefficient (Wildman–Crippen LogP) is 3.63. The number of nitrogens with one attached hydrogen (secondary N) is 1. The van der Waals surface area contributed by atoms with E-state index in [0.29, 0.717) is 33.4 Å². The standard InChI is InChI=1S/C20H14F3N7O3/c1-29-16(20(21,22)23)8-17(28-29)27-19(32)30-5-4-12-6-14(2-3-15(12)30)33-18-7-13(9-24-11-31)25-10-26-18/h2-11H,1H3,(H,27,28,32). The molecular formula is C20H14F3N7O3. The van der Waals surface area contributed by atoms with Gasteiger partial charge in [0.15, 0.2) is 5.82 Å². The number of rotatable bonds is 5. The molecule has 1 N–H and O–H groups in total. The van der Waals surface area contributed by atoms with Gasteiger partial charge >= 0.3 is 12.2 Å². The molecule has 0 bridgehead atoms. The number of fused-ring (bicyclic) bond motifs is 1. The molecule has 13 heteroatoms. The highest BCUT2D eigenvalue weighted by Gasteiger charge is 2.35. The van der Waals surface area contributed by atoms with Crippen LogP contribution in [0.2, 0.25) is 0 Å². The lowest BCUT2D eigenvalue weighted by Gasteiger charge is -2.07. The van der Waals surface area contributed by atoms with Gasteiger partial charge in [0.2, 0.25) is 12.3 Å². The van der Waals surface area contributed by atoms with E-state index in [1.165, 1.54) is 29.4 Å². The van der Waals surface area contributed by atoms with Crippen molar-refractivity contribution in [3.8, 4) is 11.6 Å². The molecule has 3 heterocycles. The fraction of sp³-hybridized carbons (Fsp3) is 0.100. The second-order valence-electron chi connectivity index (χ2n) is 6.64. The summed E-state index contributed by atoms with van der Waals surface area (Å²) in [6.07, 6.45) is -0.241. The second-order valence-corrected chi connectivity index (χ2v) is 6.64. The Morgan fingerprint density at radius 2 is 2.00 bits per heavy atom. The molecule has 4 rings (SSSR count). The number of benzene rings is 1. The molecule has 0 radical (unpaired) electrons. The number of hydrogen-bond acceptors (Lipinski definition) is 6. The van der Waals surface area contributed by atoms with Crippen LogP contribution in [0.15, 0.2) is 53.9 Å². The maximum Gasteiger partial charge on any atom is 0.433 e. The molecule has 3 aromatic heterocycles. The molecular weight excluding hydrogens is 443 g/mol. The zero-order valence-corrected chi connectivity index (χ0v) is 16.8. The first kappa shape index (κ1) is 21.7. The van der Waals surface area contributed by atoms with Crippen molar-refractivity contribution in [1.29, 1.82) is 0 Å². The van der Waals surface area contributed by atoms with Crippen molar-refractivity contribution >= 4 is 35.4 Å². The summed E-state index contributed by atoms with van der Waals surface area (Å²) in [5.41, 5.74) is -0.116. The summed E-state index contributed by atoms with van der Waals surface area (Å²) in [6, 6.07) is 8.06. The third kappa shape index (κ3) is 4.71. The molecule has 0 atom stereocenters. The van der Waals surface area contributed by atoms with Crippen molar-refractivity contribution in [2.75, 3.05) is 5.32 Å². The zero-order valence-electron chi connectivity index (χ0n) is 16.8. The number of anilines is 1. The molecule has 0 unspecified atom stereocenters. The largest absolute Gasteiger partial charge is 0.439 e. The van der Waals surface area contributed by atoms with Crippen molar-refractivity contribution in [1.82, 2.24) is 24.3 Å². The first-order chi connectivity index (χ1) is 15.7. The Hall–Kier alpha value is -4.55. The number of alkyl halides is 3. The third-order valence-electron chi connectivity index (χ3n) is 4.44. The number of hydrogen-bond donors (Lipinski definition) is 1. The summed E-state index contributed by atoms with van der Waals surface area (Å²) in [4.78, 5) is 34.3. The number of halogens is 3. The van der Waals surface area contributed by atoms with E-state index in [1.807, 2.05) is 0 Å². The smallest absolute Gasteiger partial charge is 0.433 e. The van der Waals surface area contributed by atoms with Crippen LogP contribution in [0.3, 0.4) is 0 Å². The molecule has 0 aliphatic carbocycles. The molecule has 2 amide bonds. The van der Waals surface area contributed by atoms with Crippen LogP contribution in [0.4, 0.5) is 23.8 Å². The highest BCUT2D eigenvalue weighted by Crippen LogP contribution is 2.30. The van der Waals surface area contributed by atoms with E-state index in [4.69, 9.17) is 4.74 Å². The van der Waals surface area contributed by atoms with Gasteiger partial charge in [-0.2, -0.15) is 18.3 Å². The van der Waals surface area contributed by atoms with Crippen molar-refractivity contribution < 1.29 is 27.5 Å². The van der Waals surface area contributed by atoms with E-state index in [1.54, 1.807) is 24.3 Å². The maximum atomic E-state index is 12.9. The van der Waals surface area contributed by atoms with Gasteiger partial charge < -0.3 is 4.74 Å². The van der Waals surface area contributed by atoms with Gasteiger partial charge in [-0.05, 0) is 24.3 Å². The number of carbonyl (C=O) groups excluding carboxylic acids is 2. The Morgan fingerprint density at radius 3 is 2.73 bits per heavy atom. The van der Waals surface area contributed by atoms with Crippen LogP contribution in [-0.2, 0) is 18.0 Å². The lowest BCUT2D eigenvalue weighted by Crippen LogP contribution is -2.18. The number of carbonyl (C=O) groups is 2. The molecule has 0 fully saturated rings. The summed E-state index contributed by atoms with van der Waals surface area (Å²) >= 11 is 0. The fourth-order valence-electron chi connectivity index (χ4n) is 3.03. The van der Waals surface area contributed by atoms with Crippen molar-refractivity contribution in [2.45, 2.75) is 6.18 Å². The van der Waals surface area contributed by atoms with Crippen molar-refractivity contribution in [3.63, 3.8) is 0 Å². The maximum absolute atomic E-state index is 12.9. The fourth-order valence-corrected chi connectivity index (χ4v) is 3.03. The minimum atomic E-state index is -4.59. The molecule has 1 aromatic carbocycles. The number of ether oxygens (including phenoxy) is 1. The Kier molecular flexibility index (Phi) is 5.60. The van der Waals surface area contributed by atoms with E-state index in [9.17, 15) is 22.8 Å². The highest BCUT2D eigenvalue weighted by atomic mass is 19.4. The topological polar surface area (TPSA) is 116 Å². The van der Waals surface area contributed by atoms with E-state index >= 15 is 0 Å². The summed E-state index contributed by atoms with van der Waals surface area (Å²) < 4.78 is 46.4. The SMILES string of the molecule is Cn1nc(NC(=O)n2ccc3cc(Oc4cc(C=NC=O)ncn4)ccc32)cc1C(F)(F)F. The molecule has 0 aliphatic rings. The number of aryl methyl sites for hydroxylation is 1. The minimum absolute atomic E-state index is 0.212. The number of aromatic nitrogens is 5. The average Bonchev–Trinajstić information content (AvgIpc) is 3.35. The van der Waals surface area contributed by atoms with Gasteiger partial charge in [0.05, 0.1) is 17.4 Å². The quantitative estimate of drug-likeness (QED) is 0.361. The van der Waals surface area contributed by atoms with Gasteiger partial charge in [0.25, 0.3) is 0 Å². The van der Waals surface area contributed by atoms with E-state index in [0.717, 1.165) is 13.1 Å². The molecule has 0 saturated carbocycles. The first-order valence-corrected chi connectivity index (χ1v) is 9.25. The lowest BCUT2D eigenvalue weighted by atomic mass is 10.2. The Bertz CT molecular complexity index is 1370. The molecule has 4 aromatic rings. The van der Waals surface area contributed by atoms with Crippen LogP contribution in [0.1, 0.15) is 11.4 Å². The Balaban J connectivity index is 1.53. The monoisotopic (exact) mass is 457 g/mol. The lowest BCUT2D eigenvalue weighted by molar-refractivity contribution is -0.143. The normalized spacial score (nSPS) is 11.8. The van der Waals surface area contributed by atoms with Gasteiger partial charge in [0.1, 0.15) is 17.8 Å². The van der Waals surface area contributed by atoms with Gasteiger partial charge in [-0.3, -0.25) is 19.4 Å². The minimum Gasteiger partial charge on any atom is -0.439 e. The van der Waals surface area contributed by atoms with E-state index in [2.05, 4.69) is 25.4 Å². The summed E-state index contributed by atoms with van der Waals surface area (Å²) in [7, 11) is 1.14. The summed E-state index contributed by atoms with van der Waals surface area (Å²) in [5, 5.41) is 6.67. The van der Waals surface area contributed by atoms with Crippen LogP contribution >= 0.6 is 0 Å². The Morgan fingerprint density at radius 1 is 1.18 bits per heavy atom. The summed E-state index contributed by atoms with van der Waals surface area (Å²) in [6.45, 7) is 0. The third-order valence-corrected chi connectivity index (χ3v) is 4.44. The van der Waals surface area contributed by atoms with E-state index < -0.39 is 17.9 Å².